The summed E-state index contributed by atoms with van der Waals surface area (Å²) < 4.78 is 1.76. The van der Waals surface area contributed by atoms with Crippen LogP contribution in [0.2, 0.25) is 0 Å². The van der Waals surface area contributed by atoms with Gasteiger partial charge >= 0.3 is 0 Å². The molecule has 2 heterocycles. The van der Waals surface area contributed by atoms with E-state index in [2.05, 4.69) is 58.8 Å². The Balaban J connectivity index is 1.46. The zero-order valence-corrected chi connectivity index (χ0v) is 19.2. The Morgan fingerprint density at radius 3 is 2.30 bits per heavy atom. The minimum Gasteiger partial charge on any atom is -0.309 e. The molecule has 0 spiro atoms. The predicted molar refractivity (Wildman–Crippen MR) is 132 cm³/mol. The maximum atomic E-state index is 13.2. The number of rotatable bonds is 8. The SMILES string of the molecule is Cc1ccc([C@@H](C)CN[C@@H](C(=O)Nc2ccc(-n3cc(C)cn3)cn2)c2ccccc2)cc1. The van der Waals surface area contributed by atoms with E-state index in [1.165, 1.54) is 11.1 Å². The van der Waals surface area contributed by atoms with Crippen molar-refractivity contribution < 1.29 is 4.79 Å². The van der Waals surface area contributed by atoms with Crippen LogP contribution in [-0.2, 0) is 4.79 Å². The zero-order chi connectivity index (χ0) is 23.2. The van der Waals surface area contributed by atoms with Crippen molar-refractivity contribution in [2.24, 2.45) is 0 Å². The summed E-state index contributed by atoms with van der Waals surface area (Å²) in [5.41, 5.74) is 5.30. The molecule has 0 aliphatic rings. The first kappa shape index (κ1) is 22.4. The second-order valence-corrected chi connectivity index (χ2v) is 8.42. The number of carbonyl (C=O) groups excluding carboxylic acids is 1. The monoisotopic (exact) mass is 439 g/mol. The lowest BCUT2D eigenvalue weighted by Gasteiger charge is -2.21. The third-order valence-corrected chi connectivity index (χ3v) is 5.65. The van der Waals surface area contributed by atoms with Gasteiger partial charge in [-0.05, 0) is 48.6 Å². The van der Waals surface area contributed by atoms with Crippen molar-refractivity contribution in [3.8, 4) is 5.69 Å². The fraction of sp³-hybridized carbons (Fsp3) is 0.222. The zero-order valence-electron chi connectivity index (χ0n) is 19.2. The van der Waals surface area contributed by atoms with Crippen LogP contribution in [0.15, 0.2) is 85.3 Å². The molecule has 2 aromatic heterocycles. The van der Waals surface area contributed by atoms with Crippen molar-refractivity contribution in [2.45, 2.75) is 32.7 Å². The van der Waals surface area contributed by atoms with Crippen molar-refractivity contribution in [2.75, 3.05) is 11.9 Å². The predicted octanol–water partition coefficient (Wildman–Crippen LogP) is 4.96. The summed E-state index contributed by atoms with van der Waals surface area (Å²) in [6.45, 7) is 6.90. The Morgan fingerprint density at radius 2 is 1.67 bits per heavy atom. The van der Waals surface area contributed by atoms with Gasteiger partial charge in [0.25, 0.3) is 0 Å². The van der Waals surface area contributed by atoms with Crippen molar-refractivity contribution >= 4 is 11.7 Å². The number of pyridine rings is 1. The van der Waals surface area contributed by atoms with Crippen LogP contribution in [0.25, 0.3) is 5.69 Å². The smallest absolute Gasteiger partial charge is 0.247 e. The molecule has 2 atom stereocenters. The Labute approximate surface area is 194 Å². The van der Waals surface area contributed by atoms with Crippen LogP contribution in [0.1, 0.15) is 41.1 Å². The fourth-order valence-corrected chi connectivity index (χ4v) is 3.66. The molecule has 4 aromatic rings. The molecule has 2 N–H and O–H groups in total. The first-order chi connectivity index (χ1) is 16.0. The van der Waals surface area contributed by atoms with Gasteiger partial charge in [-0.2, -0.15) is 5.10 Å². The normalized spacial score (nSPS) is 12.8. The summed E-state index contributed by atoms with van der Waals surface area (Å²) in [4.78, 5) is 17.6. The Bertz CT molecular complexity index is 1180. The topological polar surface area (TPSA) is 71.8 Å². The molecule has 0 aliphatic carbocycles. The second-order valence-electron chi connectivity index (χ2n) is 8.42. The molecule has 33 heavy (non-hydrogen) atoms. The van der Waals surface area contributed by atoms with Crippen molar-refractivity contribution in [1.29, 1.82) is 0 Å². The van der Waals surface area contributed by atoms with Crippen molar-refractivity contribution in [3.05, 3.63) is 108 Å². The third kappa shape index (κ3) is 5.73. The number of nitrogens with one attached hydrogen (secondary N) is 2. The number of carbonyl (C=O) groups is 1. The van der Waals surface area contributed by atoms with Crippen LogP contribution in [0, 0.1) is 13.8 Å². The highest BCUT2D eigenvalue weighted by molar-refractivity contribution is 5.94. The van der Waals surface area contributed by atoms with Gasteiger partial charge in [0.1, 0.15) is 11.9 Å². The van der Waals surface area contributed by atoms with E-state index in [4.69, 9.17) is 0 Å². The Hall–Kier alpha value is -3.77. The van der Waals surface area contributed by atoms with Gasteiger partial charge < -0.3 is 10.6 Å². The van der Waals surface area contributed by atoms with E-state index in [0.29, 0.717) is 12.4 Å². The first-order valence-electron chi connectivity index (χ1n) is 11.1. The molecule has 1 amide bonds. The van der Waals surface area contributed by atoms with E-state index in [-0.39, 0.29) is 11.8 Å². The van der Waals surface area contributed by atoms with E-state index in [1.807, 2.05) is 49.5 Å². The molecule has 168 valence electrons. The van der Waals surface area contributed by atoms with Crippen LogP contribution in [-0.4, -0.2) is 27.2 Å². The summed E-state index contributed by atoms with van der Waals surface area (Å²) in [5, 5.41) is 10.7. The maximum absolute atomic E-state index is 13.2. The molecule has 0 aliphatic heterocycles. The van der Waals surface area contributed by atoms with Gasteiger partial charge in [0.15, 0.2) is 0 Å². The van der Waals surface area contributed by atoms with Gasteiger partial charge in [-0.15, -0.1) is 0 Å². The molecular formula is C27H29N5O. The van der Waals surface area contributed by atoms with Crippen LogP contribution < -0.4 is 10.6 Å². The Kier molecular flexibility index (Phi) is 6.95. The lowest BCUT2D eigenvalue weighted by Crippen LogP contribution is -2.35. The third-order valence-electron chi connectivity index (χ3n) is 5.65. The van der Waals surface area contributed by atoms with Gasteiger partial charge in [-0.25, -0.2) is 9.67 Å². The second kappa shape index (κ2) is 10.2. The number of hydrogen-bond donors (Lipinski definition) is 2. The van der Waals surface area contributed by atoms with E-state index < -0.39 is 6.04 Å². The largest absolute Gasteiger partial charge is 0.309 e. The van der Waals surface area contributed by atoms with Crippen molar-refractivity contribution in [3.63, 3.8) is 0 Å². The molecule has 0 radical (unpaired) electrons. The number of hydrogen-bond acceptors (Lipinski definition) is 4. The number of aryl methyl sites for hydroxylation is 2. The highest BCUT2D eigenvalue weighted by atomic mass is 16.2. The number of anilines is 1. The number of aromatic nitrogens is 3. The molecule has 6 heteroatoms. The lowest BCUT2D eigenvalue weighted by molar-refractivity contribution is -0.118. The molecule has 0 unspecified atom stereocenters. The van der Waals surface area contributed by atoms with Gasteiger partial charge in [-0.1, -0.05) is 67.1 Å². The highest BCUT2D eigenvalue weighted by Gasteiger charge is 2.21. The van der Waals surface area contributed by atoms with E-state index in [9.17, 15) is 4.79 Å². The van der Waals surface area contributed by atoms with Crippen LogP contribution >= 0.6 is 0 Å². The minimum atomic E-state index is -0.491. The summed E-state index contributed by atoms with van der Waals surface area (Å²) >= 11 is 0. The average Bonchev–Trinajstić information content (AvgIpc) is 3.27. The Morgan fingerprint density at radius 1 is 0.909 bits per heavy atom. The van der Waals surface area contributed by atoms with E-state index in [0.717, 1.165) is 16.8 Å². The number of benzene rings is 2. The fourth-order valence-electron chi connectivity index (χ4n) is 3.66. The van der Waals surface area contributed by atoms with Gasteiger partial charge in [0, 0.05) is 12.7 Å². The molecule has 0 fully saturated rings. The van der Waals surface area contributed by atoms with E-state index in [1.54, 1.807) is 23.1 Å². The summed E-state index contributed by atoms with van der Waals surface area (Å²) in [6, 6.07) is 21.5. The summed E-state index contributed by atoms with van der Waals surface area (Å²) in [6.07, 6.45) is 5.43. The standard InChI is InChI=1S/C27H29N5O/c1-19-9-11-22(12-10-19)21(3)16-29-26(23-7-5-4-6-8-23)27(33)31-25-14-13-24(17-28-25)32-18-20(2)15-30-32/h4-15,17-18,21,26,29H,16H2,1-3H3,(H,28,31,33)/t21-,26+/m0/s1. The first-order valence-corrected chi connectivity index (χ1v) is 11.1. The molecule has 2 aromatic carbocycles. The maximum Gasteiger partial charge on any atom is 0.247 e. The molecule has 0 bridgehead atoms. The van der Waals surface area contributed by atoms with Crippen LogP contribution in [0.4, 0.5) is 5.82 Å². The highest BCUT2D eigenvalue weighted by Crippen LogP contribution is 2.20. The minimum absolute atomic E-state index is 0.146. The van der Waals surface area contributed by atoms with Gasteiger partial charge in [0.2, 0.25) is 5.91 Å². The molecule has 0 saturated carbocycles. The molecule has 6 nitrogen and oxygen atoms in total. The average molecular weight is 440 g/mol. The molecule has 0 saturated heterocycles. The van der Waals surface area contributed by atoms with Crippen LogP contribution in [0.5, 0.6) is 0 Å². The quantitative estimate of drug-likeness (QED) is 0.407. The van der Waals surface area contributed by atoms with Crippen molar-refractivity contribution in [1.82, 2.24) is 20.1 Å². The van der Waals surface area contributed by atoms with E-state index >= 15 is 0 Å². The number of amides is 1. The lowest BCUT2D eigenvalue weighted by atomic mass is 9.98. The summed E-state index contributed by atoms with van der Waals surface area (Å²) in [5.74, 6) is 0.619. The summed E-state index contributed by atoms with van der Waals surface area (Å²) in [7, 11) is 0. The van der Waals surface area contributed by atoms with Gasteiger partial charge in [-0.3, -0.25) is 4.79 Å². The molecule has 4 rings (SSSR count). The van der Waals surface area contributed by atoms with Gasteiger partial charge in [0.05, 0.1) is 18.1 Å². The molecular weight excluding hydrogens is 410 g/mol. The van der Waals surface area contributed by atoms with Crippen LogP contribution in [0.3, 0.4) is 0 Å². The number of nitrogens with zero attached hydrogens (tertiary/aromatic N) is 3.